The summed E-state index contributed by atoms with van der Waals surface area (Å²) in [7, 11) is 1.53. The number of benzene rings is 2. The minimum atomic E-state index is -1.18. The average molecular weight is 448 g/mol. The molecule has 33 heavy (non-hydrogen) atoms. The Bertz CT molecular complexity index is 1170. The Morgan fingerprint density at radius 2 is 1.70 bits per heavy atom. The van der Waals surface area contributed by atoms with Crippen molar-refractivity contribution < 1.29 is 24.2 Å². The molecule has 2 amide bonds. The maximum absolute atomic E-state index is 12.4. The van der Waals surface area contributed by atoms with Gasteiger partial charge in [-0.3, -0.25) is 9.48 Å². The van der Waals surface area contributed by atoms with Crippen molar-refractivity contribution >= 4 is 23.8 Å². The molecule has 0 aliphatic heterocycles. The summed E-state index contributed by atoms with van der Waals surface area (Å²) >= 11 is 0. The van der Waals surface area contributed by atoms with Crippen LogP contribution in [0.4, 0.5) is 10.6 Å². The third kappa shape index (κ3) is 4.72. The molecule has 1 atom stereocenters. The molecule has 9 heteroatoms. The van der Waals surface area contributed by atoms with E-state index in [1.807, 2.05) is 36.4 Å². The van der Waals surface area contributed by atoms with Crippen LogP contribution >= 0.6 is 0 Å². The molecule has 1 heterocycles. The van der Waals surface area contributed by atoms with E-state index in [1.165, 1.54) is 17.8 Å². The van der Waals surface area contributed by atoms with Gasteiger partial charge in [0.25, 0.3) is 0 Å². The van der Waals surface area contributed by atoms with Crippen molar-refractivity contribution in [3.8, 4) is 11.1 Å². The lowest BCUT2D eigenvalue weighted by molar-refractivity contribution is -0.116. The van der Waals surface area contributed by atoms with Crippen LogP contribution in [-0.4, -0.2) is 45.5 Å². The monoisotopic (exact) mass is 448 g/mol. The summed E-state index contributed by atoms with van der Waals surface area (Å²) < 4.78 is 6.77. The molecule has 0 bridgehead atoms. The van der Waals surface area contributed by atoms with Gasteiger partial charge < -0.3 is 20.5 Å². The van der Waals surface area contributed by atoms with Crippen molar-refractivity contribution in [1.29, 1.82) is 0 Å². The molecule has 3 aromatic rings. The number of rotatable bonds is 7. The summed E-state index contributed by atoms with van der Waals surface area (Å²) in [5, 5.41) is 18.0. The Morgan fingerprint density at radius 1 is 1.09 bits per heavy atom. The van der Waals surface area contributed by atoms with Gasteiger partial charge in [0, 0.05) is 31.5 Å². The molecule has 0 fully saturated rings. The van der Waals surface area contributed by atoms with E-state index in [2.05, 4.69) is 27.9 Å². The second-order valence-corrected chi connectivity index (χ2v) is 7.97. The van der Waals surface area contributed by atoms with Gasteiger partial charge in [-0.15, -0.1) is 0 Å². The third-order valence-electron chi connectivity index (χ3n) is 5.57. The van der Waals surface area contributed by atoms with Crippen LogP contribution in [0.25, 0.3) is 11.1 Å². The van der Waals surface area contributed by atoms with E-state index in [9.17, 15) is 14.4 Å². The highest BCUT2D eigenvalue weighted by Crippen LogP contribution is 2.44. The van der Waals surface area contributed by atoms with E-state index in [0.29, 0.717) is 0 Å². The van der Waals surface area contributed by atoms with Crippen molar-refractivity contribution in [2.24, 2.45) is 7.05 Å². The summed E-state index contributed by atoms with van der Waals surface area (Å²) in [6.07, 6.45) is -0.622. The molecular weight excluding hydrogens is 424 g/mol. The number of nitrogens with one attached hydrogen (secondary N) is 2. The molecule has 0 saturated heterocycles. The number of alkyl carbamates (subject to hydrolysis) is 1. The number of aromatic carboxylic acids is 1. The van der Waals surface area contributed by atoms with Gasteiger partial charge in [0.05, 0.1) is 0 Å². The number of hydrogen-bond donors (Lipinski definition) is 3. The first-order valence-corrected chi connectivity index (χ1v) is 10.5. The Labute approximate surface area is 190 Å². The van der Waals surface area contributed by atoms with E-state index in [0.717, 1.165) is 22.3 Å². The molecule has 1 aliphatic carbocycles. The van der Waals surface area contributed by atoms with Crippen LogP contribution in [0.2, 0.25) is 0 Å². The summed E-state index contributed by atoms with van der Waals surface area (Å²) in [6.45, 7) is 1.87. The van der Waals surface area contributed by atoms with Gasteiger partial charge in [0.1, 0.15) is 12.4 Å². The molecule has 4 rings (SSSR count). The van der Waals surface area contributed by atoms with E-state index < -0.39 is 18.1 Å². The zero-order valence-corrected chi connectivity index (χ0v) is 18.2. The number of carboxylic acids is 1. The molecule has 1 aliphatic rings. The Balaban J connectivity index is 1.30. The van der Waals surface area contributed by atoms with Crippen LogP contribution in [-0.2, 0) is 16.6 Å². The highest BCUT2D eigenvalue weighted by Gasteiger charge is 2.29. The number of carbonyl (C=O) groups is 3. The largest absolute Gasteiger partial charge is 0.476 e. The van der Waals surface area contributed by atoms with Crippen LogP contribution in [0.15, 0.2) is 54.6 Å². The molecule has 1 unspecified atom stereocenters. The Morgan fingerprint density at radius 3 is 2.27 bits per heavy atom. The van der Waals surface area contributed by atoms with Crippen molar-refractivity contribution in [3.05, 3.63) is 71.4 Å². The summed E-state index contributed by atoms with van der Waals surface area (Å²) in [6, 6.07) is 16.9. The number of ether oxygens (including phenoxy) is 1. The Kier molecular flexibility index (Phi) is 6.12. The van der Waals surface area contributed by atoms with Gasteiger partial charge in [0.15, 0.2) is 5.69 Å². The van der Waals surface area contributed by atoms with Crippen LogP contribution < -0.4 is 10.6 Å². The first-order valence-electron chi connectivity index (χ1n) is 10.5. The number of aromatic nitrogens is 2. The van der Waals surface area contributed by atoms with Gasteiger partial charge in [-0.1, -0.05) is 48.5 Å². The lowest BCUT2D eigenvalue weighted by Gasteiger charge is -2.17. The van der Waals surface area contributed by atoms with Crippen molar-refractivity contribution in [3.63, 3.8) is 0 Å². The van der Waals surface area contributed by atoms with Crippen LogP contribution in [0, 0.1) is 0 Å². The SMILES string of the molecule is CC(CC(=O)Nc1cc(C(=O)O)nn1C)NC(=O)OCC1c2ccccc2-c2ccccc21. The second kappa shape index (κ2) is 9.15. The number of carboxylic acid groups (broad SMARTS) is 1. The van der Waals surface area contributed by atoms with E-state index >= 15 is 0 Å². The smallest absolute Gasteiger partial charge is 0.407 e. The molecule has 0 spiro atoms. The molecule has 170 valence electrons. The molecule has 3 N–H and O–H groups in total. The normalized spacial score (nSPS) is 13.0. The van der Waals surface area contributed by atoms with Gasteiger partial charge in [-0.05, 0) is 29.2 Å². The minimum Gasteiger partial charge on any atom is -0.476 e. The predicted molar refractivity (Wildman–Crippen MR) is 121 cm³/mol. The number of fused-ring (bicyclic) bond motifs is 3. The van der Waals surface area contributed by atoms with Crippen molar-refractivity contribution in [2.75, 3.05) is 11.9 Å². The predicted octanol–water partition coefficient (Wildman–Crippen LogP) is 3.37. The van der Waals surface area contributed by atoms with Gasteiger partial charge in [-0.2, -0.15) is 5.10 Å². The lowest BCUT2D eigenvalue weighted by Crippen LogP contribution is -2.36. The molecule has 0 saturated carbocycles. The van der Waals surface area contributed by atoms with Crippen molar-refractivity contribution in [2.45, 2.75) is 25.3 Å². The maximum atomic E-state index is 12.4. The number of carbonyl (C=O) groups excluding carboxylic acids is 2. The summed E-state index contributed by atoms with van der Waals surface area (Å²) in [5.74, 6) is -1.36. The zero-order valence-electron chi connectivity index (χ0n) is 18.2. The van der Waals surface area contributed by atoms with Crippen LogP contribution in [0.3, 0.4) is 0 Å². The van der Waals surface area contributed by atoms with Crippen LogP contribution in [0.5, 0.6) is 0 Å². The maximum Gasteiger partial charge on any atom is 0.407 e. The molecule has 1 aromatic heterocycles. The number of anilines is 1. The molecule has 0 radical (unpaired) electrons. The summed E-state index contributed by atoms with van der Waals surface area (Å²) in [5.41, 5.74) is 4.37. The number of amides is 2. The number of hydrogen-bond acceptors (Lipinski definition) is 5. The quantitative estimate of drug-likeness (QED) is 0.509. The topological polar surface area (TPSA) is 123 Å². The first kappa shape index (κ1) is 22.1. The minimum absolute atomic E-state index is 0.0161. The fraction of sp³-hybridized carbons (Fsp3) is 0.250. The molecule has 2 aromatic carbocycles. The fourth-order valence-corrected chi connectivity index (χ4v) is 4.05. The fourth-order valence-electron chi connectivity index (χ4n) is 4.05. The van der Waals surface area contributed by atoms with Crippen molar-refractivity contribution in [1.82, 2.24) is 15.1 Å². The third-order valence-corrected chi connectivity index (χ3v) is 5.57. The molecule has 9 nitrogen and oxygen atoms in total. The summed E-state index contributed by atoms with van der Waals surface area (Å²) in [4.78, 5) is 35.6. The Hall–Kier alpha value is -4.14. The number of aryl methyl sites for hydroxylation is 1. The standard InChI is InChI=1S/C24H24N4O5/c1-14(11-22(29)26-21-12-20(23(30)31)27-28(21)2)25-24(32)33-13-19-17-9-5-3-7-15(17)16-8-4-6-10-18(16)19/h3-10,12,14,19H,11,13H2,1-2H3,(H,25,32)(H,26,29)(H,30,31). The van der Waals surface area contributed by atoms with Crippen LogP contribution in [0.1, 0.15) is 40.9 Å². The average Bonchev–Trinajstić information content (AvgIpc) is 3.30. The second-order valence-electron chi connectivity index (χ2n) is 7.97. The van der Waals surface area contributed by atoms with E-state index in [4.69, 9.17) is 9.84 Å². The lowest BCUT2D eigenvalue weighted by atomic mass is 9.98. The van der Waals surface area contributed by atoms with E-state index in [-0.39, 0.29) is 36.4 Å². The van der Waals surface area contributed by atoms with Gasteiger partial charge in [0.2, 0.25) is 5.91 Å². The van der Waals surface area contributed by atoms with E-state index in [1.54, 1.807) is 6.92 Å². The highest BCUT2D eigenvalue weighted by molar-refractivity contribution is 5.92. The first-order chi connectivity index (χ1) is 15.8. The van der Waals surface area contributed by atoms with Gasteiger partial charge >= 0.3 is 12.1 Å². The molecular formula is C24H24N4O5. The highest BCUT2D eigenvalue weighted by atomic mass is 16.5. The number of nitrogens with zero attached hydrogens (tertiary/aromatic N) is 2. The zero-order chi connectivity index (χ0) is 23.5. The van der Waals surface area contributed by atoms with Gasteiger partial charge in [-0.25, -0.2) is 9.59 Å².